The summed E-state index contributed by atoms with van der Waals surface area (Å²) in [5, 5.41) is 0. The van der Waals surface area contributed by atoms with Crippen LogP contribution < -0.4 is 5.73 Å². The Kier molecular flexibility index (Phi) is 5.55. The summed E-state index contributed by atoms with van der Waals surface area (Å²) < 4.78 is 5.32. The first kappa shape index (κ1) is 15.7. The maximum atomic E-state index is 11.7. The van der Waals surface area contributed by atoms with Crippen molar-refractivity contribution in [3.05, 3.63) is 35.4 Å². The summed E-state index contributed by atoms with van der Waals surface area (Å²) in [6.45, 7) is 8.27. The molecular weight excluding hydrogens is 238 g/mol. The normalized spacial score (nSPS) is 13.1. The minimum atomic E-state index is -0.419. The van der Waals surface area contributed by atoms with Crippen LogP contribution in [0.15, 0.2) is 24.3 Å². The molecule has 19 heavy (non-hydrogen) atoms. The number of nitrogens with two attached hydrogens (primary N) is 1. The molecule has 3 nitrogen and oxygen atoms in total. The molecule has 0 heterocycles. The van der Waals surface area contributed by atoms with Gasteiger partial charge in [-0.25, -0.2) is 0 Å². The number of ether oxygens (including phenoxy) is 1. The Hall–Kier alpha value is -1.35. The van der Waals surface area contributed by atoms with Crippen molar-refractivity contribution in [3.63, 3.8) is 0 Å². The summed E-state index contributed by atoms with van der Waals surface area (Å²) in [6, 6.07) is 8.19. The van der Waals surface area contributed by atoms with Gasteiger partial charge in [0.2, 0.25) is 0 Å². The molecule has 2 N–H and O–H groups in total. The van der Waals surface area contributed by atoms with Gasteiger partial charge in [-0.05, 0) is 57.7 Å². The Bertz CT molecular complexity index is 421. The second kappa shape index (κ2) is 6.71. The fourth-order valence-electron chi connectivity index (χ4n) is 2.13. The smallest absolute Gasteiger partial charge is 0.306 e. The number of aryl methyl sites for hydroxylation is 1. The fourth-order valence-corrected chi connectivity index (χ4v) is 2.13. The minimum Gasteiger partial charge on any atom is -0.460 e. The third-order valence-corrected chi connectivity index (χ3v) is 3.03. The van der Waals surface area contributed by atoms with E-state index in [4.69, 9.17) is 10.5 Å². The van der Waals surface area contributed by atoms with Crippen molar-refractivity contribution in [3.8, 4) is 0 Å². The number of esters is 1. The summed E-state index contributed by atoms with van der Waals surface area (Å²) in [4.78, 5) is 11.7. The highest BCUT2D eigenvalue weighted by Crippen LogP contribution is 2.24. The van der Waals surface area contributed by atoms with Crippen molar-refractivity contribution in [1.82, 2.24) is 0 Å². The molecule has 0 aliphatic heterocycles. The van der Waals surface area contributed by atoms with Gasteiger partial charge in [-0.15, -0.1) is 0 Å². The minimum absolute atomic E-state index is 0.153. The molecule has 0 amide bonds. The number of hydrogen-bond donors (Lipinski definition) is 1. The number of hydrogen-bond acceptors (Lipinski definition) is 3. The zero-order valence-corrected chi connectivity index (χ0v) is 12.4. The zero-order chi connectivity index (χ0) is 14.5. The standard InChI is InChI=1S/C16H25NO2/c1-12-7-5-6-8-14(12)13(11-17)9-10-15(18)19-16(2,3)4/h5-8,13H,9-11,17H2,1-4H3. The molecule has 0 aliphatic rings. The maximum absolute atomic E-state index is 11.7. The van der Waals surface area contributed by atoms with E-state index in [-0.39, 0.29) is 11.9 Å². The Labute approximate surface area is 116 Å². The van der Waals surface area contributed by atoms with Crippen molar-refractivity contribution < 1.29 is 9.53 Å². The average Bonchev–Trinajstić information content (AvgIpc) is 2.29. The van der Waals surface area contributed by atoms with E-state index in [0.717, 1.165) is 6.42 Å². The molecule has 106 valence electrons. The van der Waals surface area contributed by atoms with Crippen LogP contribution in [0.3, 0.4) is 0 Å². The summed E-state index contributed by atoms with van der Waals surface area (Å²) in [6.07, 6.45) is 1.14. The largest absolute Gasteiger partial charge is 0.460 e. The molecule has 0 spiro atoms. The van der Waals surface area contributed by atoms with Gasteiger partial charge in [0.1, 0.15) is 5.60 Å². The van der Waals surface area contributed by atoms with Crippen molar-refractivity contribution in [2.24, 2.45) is 5.73 Å². The van der Waals surface area contributed by atoms with E-state index < -0.39 is 5.60 Å². The first-order chi connectivity index (χ1) is 8.83. The van der Waals surface area contributed by atoms with E-state index in [9.17, 15) is 4.79 Å². The number of rotatable bonds is 5. The Morgan fingerprint density at radius 2 is 1.95 bits per heavy atom. The predicted octanol–water partition coefficient (Wildman–Crippen LogP) is 3.16. The van der Waals surface area contributed by atoms with E-state index in [2.05, 4.69) is 19.1 Å². The van der Waals surface area contributed by atoms with Crippen LogP contribution >= 0.6 is 0 Å². The molecular formula is C16H25NO2. The quantitative estimate of drug-likeness (QED) is 0.830. The molecule has 0 radical (unpaired) electrons. The predicted molar refractivity (Wildman–Crippen MR) is 78.1 cm³/mol. The lowest BCUT2D eigenvalue weighted by Gasteiger charge is -2.21. The van der Waals surface area contributed by atoms with Crippen LogP contribution in [0.5, 0.6) is 0 Å². The summed E-state index contributed by atoms with van der Waals surface area (Å²) in [5.74, 6) is 0.0632. The summed E-state index contributed by atoms with van der Waals surface area (Å²) in [7, 11) is 0. The van der Waals surface area contributed by atoms with Crippen molar-refractivity contribution in [2.45, 2.75) is 52.1 Å². The molecule has 1 aromatic rings. The fraction of sp³-hybridized carbons (Fsp3) is 0.562. The van der Waals surface area contributed by atoms with Crippen LogP contribution in [-0.2, 0) is 9.53 Å². The third kappa shape index (κ3) is 5.43. The van der Waals surface area contributed by atoms with E-state index in [1.165, 1.54) is 11.1 Å². The molecule has 3 heteroatoms. The molecule has 1 rings (SSSR count). The zero-order valence-electron chi connectivity index (χ0n) is 12.4. The SMILES string of the molecule is Cc1ccccc1C(CN)CCC(=O)OC(C)(C)C. The number of carbonyl (C=O) groups excluding carboxylic acids is 1. The van der Waals surface area contributed by atoms with Gasteiger partial charge in [-0.1, -0.05) is 24.3 Å². The topological polar surface area (TPSA) is 52.3 Å². The van der Waals surface area contributed by atoms with Gasteiger partial charge in [-0.3, -0.25) is 4.79 Å². The van der Waals surface area contributed by atoms with Crippen molar-refractivity contribution in [1.29, 1.82) is 0 Å². The molecule has 0 fully saturated rings. The second-order valence-electron chi connectivity index (χ2n) is 5.91. The molecule has 0 aromatic heterocycles. The van der Waals surface area contributed by atoms with Crippen LogP contribution in [-0.4, -0.2) is 18.1 Å². The monoisotopic (exact) mass is 263 g/mol. The molecule has 0 saturated carbocycles. The van der Waals surface area contributed by atoms with Gasteiger partial charge >= 0.3 is 5.97 Å². The first-order valence-corrected chi connectivity index (χ1v) is 6.81. The number of carbonyl (C=O) groups is 1. The molecule has 0 saturated heterocycles. The second-order valence-corrected chi connectivity index (χ2v) is 5.91. The molecule has 0 aliphatic carbocycles. The molecule has 1 aromatic carbocycles. The van der Waals surface area contributed by atoms with Crippen LogP contribution in [0, 0.1) is 6.92 Å². The summed E-state index contributed by atoms with van der Waals surface area (Å²) >= 11 is 0. The van der Waals surface area contributed by atoms with Crippen LogP contribution in [0.2, 0.25) is 0 Å². The Morgan fingerprint density at radius 3 is 2.47 bits per heavy atom. The van der Waals surface area contributed by atoms with Crippen molar-refractivity contribution >= 4 is 5.97 Å². The first-order valence-electron chi connectivity index (χ1n) is 6.81. The Morgan fingerprint density at radius 1 is 1.32 bits per heavy atom. The highest BCUT2D eigenvalue weighted by Gasteiger charge is 2.18. The third-order valence-electron chi connectivity index (χ3n) is 3.03. The maximum Gasteiger partial charge on any atom is 0.306 e. The van der Waals surface area contributed by atoms with Crippen LogP contribution in [0.25, 0.3) is 0 Å². The van der Waals surface area contributed by atoms with E-state index in [1.54, 1.807) is 0 Å². The molecule has 1 atom stereocenters. The Balaban J connectivity index is 2.59. The van der Waals surface area contributed by atoms with E-state index in [1.807, 2.05) is 32.9 Å². The molecule has 1 unspecified atom stereocenters. The van der Waals surface area contributed by atoms with Gasteiger partial charge in [-0.2, -0.15) is 0 Å². The number of benzene rings is 1. The molecule has 0 bridgehead atoms. The summed E-state index contributed by atoms with van der Waals surface area (Å²) in [5.41, 5.74) is 7.87. The van der Waals surface area contributed by atoms with Gasteiger partial charge in [0.25, 0.3) is 0 Å². The lowest BCUT2D eigenvalue weighted by molar-refractivity contribution is -0.155. The van der Waals surface area contributed by atoms with Crippen LogP contribution in [0.1, 0.15) is 50.7 Å². The highest BCUT2D eigenvalue weighted by molar-refractivity contribution is 5.69. The van der Waals surface area contributed by atoms with Crippen molar-refractivity contribution in [2.75, 3.05) is 6.54 Å². The highest BCUT2D eigenvalue weighted by atomic mass is 16.6. The lowest BCUT2D eigenvalue weighted by Crippen LogP contribution is -2.24. The van der Waals surface area contributed by atoms with Gasteiger partial charge < -0.3 is 10.5 Å². The van der Waals surface area contributed by atoms with Crippen LogP contribution in [0.4, 0.5) is 0 Å². The van der Waals surface area contributed by atoms with Gasteiger partial charge in [0, 0.05) is 6.42 Å². The van der Waals surface area contributed by atoms with Gasteiger partial charge in [0.05, 0.1) is 0 Å². The average molecular weight is 263 g/mol. The van der Waals surface area contributed by atoms with Gasteiger partial charge in [0.15, 0.2) is 0 Å². The van der Waals surface area contributed by atoms with E-state index in [0.29, 0.717) is 13.0 Å². The van der Waals surface area contributed by atoms with E-state index >= 15 is 0 Å². The lowest BCUT2D eigenvalue weighted by atomic mass is 9.91.